The zero-order chi connectivity index (χ0) is 22.7. The van der Waals surface area contributed by atoms with Gasteiger partial charge in [-0.25, -0.2) is 4.98 Å². The van der Waals surface area contributed by atoms with Crippen LogP contribution in [0.4, 0.5) is 0 Å². The van der Waals surface area contributed by atoms with Gasteiger partial charge >= 0.3 is 0 Å². The van der Waals surface area contributed by atoms with Gasteiger partial charge in [-0.3, -0.25) is 9.59 Å². The van der Waals surface area contributed by atoms with E-state index in [4.69, 9.17) is 9.72 Å². The predicted octanol–water partition coefficient (Wildman–Crippen LogP) is 3.95. The molecule has 0 fully saturated rings. The van der Waals surface area contributed by atoms with E-state index in [1.54, 1.807) is 23.1 Å². The monoisotopic (exact) mass is 469 g/mol. The van der Waals surface area contributed by atoms with Gasteiger partial charge in [-0.2, -0.15) is 11.8 Å². The van der Waals surface area contributed by atoms with Crippen LogP contribution in [0, 0.1) is 6.92 Å². The number of rotatable bonds is 8. The van der Waals surface area contributed by atoms with Crippen molar-refractivity contribution in [3.63, 3.8) is 0 Å². The number of aromatic nitrogens is 1. The Morgan fingerprint density at radius 2 is 2.12 bits per heavy atom. The van der Waals surface area contributed by atoms with Gasteiger partial charge in [0.05, 0.1) is 22.3 Å². The fourth-order valence-corrected chi connectivity index (χ4v) is 5.39. The predicted molar refractivity (Wildman–Crippen MR) is 132 cm³/mol. The third kappa shape index (κ3) is 5.07. The summed E-state index contributed by atoms with van der Waals surface area (Å²) in [4.78, 5) is 28.9. The molecule has 1 aromatic heterocycles. The first kappa shape index (κ1) is 22.6. The van der Waals surface area contributed by atoms with E-state index >= 15 is 0 Å². The third-order valence-electron chi connectivity index (χ3n) is 5.38. The molecule has 2 atom stereocenters. The molecule has 1 aliphatic rings. The Bertz CT molecular complexity index is 1110. The smallest absolute Gasteiger partial charge is 0.242 e. The lowest BCUT2D eigenvalue weighted by Crippen LogP contribution is -2.48. The van der Waals surface area contributed by atoms with Crippen LogP contribution < -0.4 is 15.4 Å². The molecular weight excluding hydrogens is 442 g/mol. The van der Waals surface area contributed by atoms with Crippen LogP contribution in [-0.2, 0) is 16.0 Å². The molecule has 4 rings (SSSR count). The van der Waals surface area contributed by atoms with E-state index in [9.17, 15) is 9.59 Å². The fraction of sp³-hybridized carbons (Fsp3) is 0.375. The van der Waals surface area contributed by atoms with E-state index in [0.717, 1.165) is 49.8 Å². The molecule has 2 amide bonds. The van der Waals surface area contributed by atoms with Gasteiger partial charge in [-0.1, -0.05) is 18.2 Å². The molecule has 0 saturated heterocycles. The molecular formula is C24H27N3O3S2. The number of carbonyl (C=O) groups excluding carboxylic acids is 2. The highest BCUT2D eigenvalue weighted by molar-refractivity contribution is 7.98. The van der Waals surface area contributed by atoms with Crippen molar-refractivity contribution in [2.24, 2.45) is 0 Å². The molecule has 0 spiro atoms. The molecule has 0 bridgehead atoms. The summed E-state index contributed by atoms with van der Waals surface area (Å²) in [7, 11) is 0. The minimum atomic E-state index is -0.524. The lowest BCUT2D eigenvalue weighted by Gasteiger charge is -2.19. The molecule has 8 heteroatoms. The van der Waals surface area contributed by atoms with Crippen molar-refractivity contribution < 1.29 is 14.3 Å². The van der Waals surface area contributed by atoms with Crippen molar-refractivity contribution in [3.8, 4) is 16.3 Å². The molecule has 1 aliphatic heterocycles. The molecule has 0 aliphatic carbocycles. The molecule has 2 N–H and O–H groups in total. The Balaban J connectivity index is 1.47. The van der Waals surface area contributed by atoms with Gasteiger partial charge in [0, 0.05) is 13.3 Å². The van der Waals surface area contributed by atoms with Gasteiger partial charge in [0.2, 0.25) is 11.8 Å². The third-order valence-corrected chi connectivity index (χ3v) is 7.09. The zero-order valence-corrected chi connectivity index (χ0v) is 20.1. The van der Waals surface area contributed by atoms with Crippen LogP contribution in [0.25, 0.3) is 20.8 Å². The van der Waals surface area contributed by atoms with E-state index in [1.807, 2.05) is 24.5 Å². The van der Waals surface area contributed by atoms with E-state index in [2.05, 4.69) is 35.8 Å². The zero-order valence-electron chi connectivity index (χ0n) is 18.4. The molecule has 32 heavy (non-hydrogen) atoms. The Hall–Kier alpha value is -2.58. The molecule has 2 aromatic carbocycles. The van der Waals surface area contributed by atoms with Gasteiger partial charge in [-0.15, -0.1) is 11.3 Å². The van der Waals surface area contributed by atoms with Crippen LogP contribution in [0.3, 0.4) is 0 Å². The Morgan fingerprint density at radius 1 is 1.31 bits per heavy atom. The molecule has 0 radical (unpaired) electrons. The minimum absolute atomic E-state index is 0.151. The van der Waals surface area contributed by atoms with Crippen LogP contribution in [-0.4, -0.2) is 47.5 Å². The molecule has 3 aromatic rings. The number of ether oxygens (including phenoxy) is 1. The van der Waals surface area contributed by atoms with Crippen molar-refractivity contribution in [2.45, 2.75) is 38.8 Å². The van der Waals surface area contributed by atoms with Gasteiger partial charge in [0.25, 0.3) is 0 Å². The summed E-state index contributed by atoms with van der Waals surface area (Å²) in [6, 6.07) is 11.9. The van der Waals surface area contributed by atoms with Crippen molar-refractivity contribution in [3.05, 3.63) is 47.5 Å². The van der Waals surface area contributed by atoms with Crippen molar-refractivity contribution in [1.29, 1.82) is 0 Å². The van der Waals surface area contributed by atoms with Crippen molar-refractivity contribution in [2.75, 3.05) is 18.6 Å². The van der Waals surface area contributed by atoms with Crippen LogP contribution in [0.5, 0.6) is 5.75 Å². The largest absolute Gasteiger partial charge is 0.487 e. The number of carbonyl (C=O) groups is 2. The first-order valence-electron chi connectivity index (χ1n) is 10.6. The highest BCUT2D eigenvalue weighted by Crippen LogP contribution is 2.42. The first-order chi connectivity index (χ1) is 15.4. The quantitative estimate of drug-likeness (QED) is 0.522. The summed E-state index contributed by atoms with van der Waals surface area (Å²) >= 11 is 3.31. The summed E-state index contributed by atoms with van der Waals surface area (Å²) in [6.45, 7) is 3.90. The number of amides is 2. The molecule has 6 nitrogen and oxygen atoms in total. The minimum Gasteiger partial charge on any atom is -0.487 e. The SMILES string of the molecule is CSCC[C@H](NC(C)=O)C(=O)NC[C@H]1Cc2cc(C)cc(-c3nc4ccccc4s3)c2O1. The summed E-state index contributed by atoms with van der Waals surface area (Å²) in [6.07, 6.45) is 3.16. The lowest BCUT2D eigenvalue weighted by molar-refractivity contribution is -0.128. The van der Waals surface area contributed by atoms with Crippen molar-refractivity contribution >= 4 is 45.1 Å². The van der Waals surface area contributed by atoms with Crippen molar-refractivity contribution in [1.82, 2.24) is 15.6 Å². The summed E-state index contributed by atoms with van der Waals surface area (Å²) < 4.78 is 7.44. The van der Waals surface area contributed by atoms with Crippen LogP contribution >= 0.6 is 23.1 Å². The molecule has 0 saturated carbocycles. The topological polar surface area (TPSA) is 80.3 Å². The summed E-state index contributed by atoms with van der Waals surface area (Å²) in [5, 5.41) is 6.66. The molecule has 168 valence electrons. The number of nitrogens with one attached hydrogen (secondary N) is 2. The number of benzene rings is 2. The number of fused-ring (bicyclic) bond motifs is 2. The maximum Gasteiger partial charge on any atom is 0.242 e. The van der Waals surface area contributed by atoms with Crippen LogP contribution in [0.15, 0.2) is 36.4 Å². The highest BCUT2D eigenvalue weighted by atomic mass is 32.2. The normalized spacial score (nSPS) is 15.8. The average Bonchev–Trinajstić information content (AvgIpc) is 3.37. The van der Waals surface area contributed by atoms with E-state index < -0.39 is 6.04 Å². The number of hydrogen-bond acceptors (Lipinski definition) is 6. The maximum atomic E-state index is 12.7. The van der Waals surface area contributed by atoms with E-state index in [0.29, 0.717) is 13.0 Å². The second-order valence-corrected chi connectivity index (χ2v) is 10.0. The average molecular weight is 470 g/mol. The molecule has 0 unspecified atom stereocenters. The van der Waals surface area contributed by atoms with Gasteiger partial charge in [0.15, 0.2) is 0 Å². The highest BCUT2D eigenvalue weighted by Gasteiger charge is 2.29. The Morgan fingerprint density at radius 3 is 2.88 bits per heavy atom. The number of nitrogens with zero attached hydrogens (tertiary/aromatic N) is 1. The number of aryl methyl sites for hydroxylation is 1. The second-order valence-electron chi connectivity index (χ2n) is 8.01. The van der Waals surface area contributed by atoms with Gasteiger partial charge in [-0.05, 0) is 54.7 Å². The van der Waals surface area contributed by atoms with Crippen LogP contribution in [0.2, 0.25) is 0 Å². The first-order valence-corrected chi connectivity index (χ1v) is 12.9. The lowest BCUT2D eigenvalue weighted by atomic mass is 10.0. The Labute approximate surface area is 196 Å². The number of thioether (sulfide) groups is 1. The fourth-order valence-electron chi connectivity index (χ4n) is 3.94. The van der Waals surface area contributed by atoms with E-state index in [1.165, 1.54) is 6.92 Å². The summed E-state index contributed by atoms with van der Waals surface area (Å²) in [5.74, 6) is 1.28. The number of para-hydroxylation sites is 1. The van der Waals surface area contributed by atoms with Gasteiger partial charge < -0.3 is 15.4 Å². The maximum absolute atomic E-state index is 12.7. The number of hydrogen-bond donors (Lipinski definition) is 2. The standard InChI is InChI=1S/C24H27N3O3S2/c1-14-10-16-12-17(13-25-23(29)20(8-9-31-3)26-15(2)28)30-22(16)18(11-14)24-27-19-6-4-5-7-21(19)32-24/h4-7,10-11,17,20H,8-9,12-13H2,1-3H3,(H,25,29)(H,26,28)/t17-,20+/m1/s1. The molecule has 2 heterocycles. The summed E-state index contributed by atoms with van der Waals surface area (Å²) in [5.41, 5.74) is 4.29. The Kier molecular flexibility index (Phi) is 7.01. The van der Waals surface area contributed by atoms with Gasteiger partial charge in [0.1, 0.15) is 22.9 Å². The van der Waals surface area contributed by atoms with Crippen LogP contribution in [0.1, 0.15) is 24.5 Å². The van der Waals surface area contributed by atoms with E-state index in [-0.39, 0.29) is 17.9 Å². The number of thiazole rings is 1. The second kappa shape index (κ2) is 9.92.